The molecule has 4 rings (SSSR count). The molecule has 1 aromatic heterocycles. The first-order chi connectivity index (χ1) is 11.6. The number of fused-ring (bicyclic) bond motifs is 3. The van der Waals surface area contributed by atoms with Crippen molar-refractivity contribution in [1.29, 1.82) is 0 Å². The van der Waals surface area contributed by atoms with Gasteiger partial charge in [-0.2, -0.15) is 0 Å². The molecule has 6 heteroatoms. The summed E-state index contributed by atoms with van der Waals surface area (Å²) < 4.78 is 28.0. The van der Waals surface area contributed by atoms with Crippen LogP contribution in [0.4, 0.5) is 8.78 Å². The van der Waals surface area contributed by atoms with Gasteiger partial charge in [0.25, 0.3) is 0 Å². The fourth-order valence-corrected chi connectivity index (χ4v) is 2.97. The van der Waals surface area contributed by atoms with E-state index in [2.05, 4.69) is 15.0 Å². The number of hydrogen-bond acceptors (Lipinski definition) is 3. The van der Waals surface area contributed by atoms with Crippen LogP contribution >= 0.6 is 11.6 Å². The van der Waals surface area contributed by atoms with Gasteiger partial charge in [0.05, 0.1) is 18.0 Å². The first kappa shape index (κ1) is 14.9. The molecule has 0 atom stereocenters. The molecular weight excluding hydrogens is 332 g/mol. The van der Waals surface area contributed by atoms with Gasteiger partial charge in [-0.3, -0.25) is 4.99 Å². The van der Waals surface area contributed by atoms with Gasteiger partial charge in [0, 0.05) is 33.5 Å². The fourth-order valence-electron chi connectivity index (χ4n) is 2.79. The lowest BCUT2D eigenvalue weighted by Gasteiger charge is -2.12. The predicted octanol–water partition coefficient (Wildman–Crippen LogP) is 4.43. The Hall–Kier alpha value is -2.66. The van der Waals surface area contributed by atoms with E-state index in [-0.39, 0.29) is 12.1 Å². The number of halogens is 3. The molecule has 2 aromatic carbocycles. The van der Waals surface area contributed by atoms with E-state index >= 15 is 0 Å². The Labute approximate surface area is 141 Å². The van der Waals surface area contributed by atoms with Crippen molar-refractivity contribution in [2.24, 2.45) is 4.99 Å². The van der Waals surface area contributed by atoms with Crippen molar-refractivity contribution < 1.29 is 8.78 Å². The molecule has 0 bridgehead atoms. The number of benzene rings is 2. The van der Waals surface area contributed by atoms with Gasteiger partial charge in [-0.15, -0.1) is 0 Å². The molecule has 0 aliphatic carbocycles. The normalized spacial score (nSPS) is 12.9. The van der Waals surface area contributed by atoms with Crippen molar-refractivity contribution in [3.63, 3.8) is 0 Å². The second-order valence-corrected chi connectivity index (χ2v) is 5.81. The molecule has 0 fully saturated rings. The maximum atomic E-state index is 14.3. The highest BCUT2D eigenvalue weighted by Gasteiger charge is 2.22. The van der Waals surface area contributed by atoms with Crippen molar-refractivity contribution in [1.82, 2.24) is 9.97 Å². The van der Waals surface area contributed by atoms with Gasteiger partial charge in [0.2, 0.25) is 0 Å². The van der Waals surface area contributed by atoms with E-state index in [0.29, 0.717) is 22.0 Å². The highest BCUT2D eigenvalue weighted by Crippen LogP contribution is 2.33. The minimum absolute atomic E-state index is 0.0966. The molecule has 2 heterocycles. The standard InChI is InChI=1S/C18H10ClF2N3/c19-11-1-3-13-14(5-11)18(15-6-12(20)2-4-16(15)21)23-8-10-7-22-9-24-17(10)13/h1-7,9H,8H2. The third kappa shape index (κ3) is 2.47. The van der Waals surface area contributed by atoms with E-state index in [1.54, 1.807) is 18.3 Å². The maximum absolute atomic E-state index is 14.3. The minimum Gasteiger partial charge on any atom is -0.279 e. The smallest absolute Gasteiger partial charge is 0.132 e. The van der Waals surface area contributed by atoms with Crippen molar-refractivity contribution in [2.45, 2.75) is 6.54 Å². The Balaban J connectivity index is 2.02. The van der Waals surface area contributed by atoms with E-state index in [1.165, 1.54) is 6.33 Å². The van der Waals surface area contributed by atoms with Crippen LogP contribution in [0.3, 0.4) is 0 Å². The van der Waals surface area contributed by atoms with Crippen LogP contribution in [-0.4, -0.2) is 15.7 Å². The average Bonchev–Trinajstić information content (AvgIpc) is 2.74. The summed E-state index contributed by atoms with van der Waals surface area (Å²) in [6, 6.07) is 8.54. The molecule has 0 saturated carbocycles. The number of rotatable bonds is 1. The number of aliphatic imine (C=N–C) groups is 1. The molecule has 24 heavy (non-hydrogen) atoms. The molecule has 0 amide bonds. The minimum atomic E-state index is -0.543. The molecular formula is C18H10ClF2N3. The molecule has 1 aliphatic rings. The summed E-state index contributed by atoms with van der Waals surface area (Å²) in [4.78, 5) is 12.8. The highest BCUT2D eigenvalue weighted by molar-refractivity contribution is 6.31. The summed E-state index contributed by atoms with van der Waals surface area (Å²) in [5.74, 6) is -1.07. The average molecular weight is 342 g/mol. The van der Waals surface area contributed by atoms with Crippen LogP contribution < -0.4 is 0 Å². The van der Waals surface area contributed by atoms with Crippen molar-refractivity contribution in [3.05, 3.63) is 82.3 Å². The first-order valence-electron chi connectivity index (χ1n) is 7.22. The number of nitrogens with zero attached hydrogens (tertiary/aromatic N) is 3. The largest absolute Gasteiger partial charge is 0.279 e. The Morgan fingerprint density at radius 2 is 1.83 bits per heavy atom. The van der Waals surface area contributed by atoms with Gasteiger partial charge in [0.1, 0.15) is 18.0 Å². The molecule has 1 aliphatic heterocycles. The molecule has 0 unspecified atom stereocenters. The lowest BCUT2D eigenvalue weighted by molar-refractivity contribution is 0.598. The SMILES string of the molecule is Fc1ccc(F)c(C2=NCc3cncnc3-c3ccc(Cl)cc32)c1. The summed E-state index contributed by atoms with van der Waals surface area (Å²) in [7, 11) is 0. The van der Waals surface area contributed by atoms with E-state index in [1.807, 2.05) is 6.07 Å². The second-order valence-electron chi connectivity index (χ2n) is 5.38. The second kappa shape index (κ2) is 5.76. The molecule has 3 aromatic rings. The number of aromatic nitrogens is 2. The van der Waals surface area contributed by atoms with Gasteiger partial charge in [-0.1, -0.05) is 17.7 Å². The van der Waals surface area contributed by atoms with Crippen LogP contribution in [-0.2, 0) is 6.54 Å². The van der Waals surface area contributed by atoms with E-state index < -0.39 is 11.6 Å². The Bertz CT molecular complexity index is 986. The van der Waals surface area contributed by atoms with Crippen LogP contribution in [0.5, 0.6) is 0 Å². The third-order valence-corrected chi connectivity index (χ3v) is 4.11. The van der Waals surface area contributed by atoms with Crippen molar-refractivity contribution in [3.8, 4) is 11.3 Å². The van der Waals surface area contributed by atoms with Crippen LogP contribution in [0.25, 0.3) is 11.3 Å². The van der Waals surface area contributed by atoms with Crippen molar-refractivity contribution in [2.75, 3.05) is 0 Å². The summed E-state index contributed by atoms with van der Waals surface area (Å²) in [6.45, 7) is 0.272. The zero-order chi connectivity index (χ0) is 16.7. The molecule has 0 N–H and O–H groups in total. The van der Waals surface area contributed by atoms with E-state index in [9.17, 15) is 8.78 Å². The van der Waals surface area contributed by atoms with Gasteiger partial charge in [0.15, 0.2) is 0 Å². The zero-order valence-corrected chi connectivity index (χ0v) is 13.1. The van der Waals surface area contributed by atoms with E-state index in [0.717, 1.165) is 29.3 Å². The van der Waals surface area contributed by atoms with E-state index in [4.69, 9.17) is 11.6 Å². The third-order valence-electron chi connectivity index (χ3n) is 3.87. The number of hydrogen-bond donors (Lipinski definition) is 0. The highest BCUT2D eigenvalue weighted by atomic mass is 35.5. The Morgan fingerprint density at radius 1 is 0.958 bits per heavy atom. The van der Waals surface area contributed by atoms with Gasteiger partial charge >= 0.3 is 0 Å². The lowest BCUT2D eigenvalue weighted by Crippen LogP contribution is -2.08. The van der Waals surface area contributed by atoms with Gasteiger partial charge in [-0.05, 0) is 30.3 Å². The van der Waals surface area contributed by atoms with Crippen molar-refractivity contribution >= 4 is 17.3 Å². The van der Waals surface area contributed by atoms with Gasteiger partial charge < -0.3 is 0 Å². The Morgan fingerprint density at radius 3 is 2.71 bits per heavy atom. The van der Waals surface area contributed by atoms with Crippen LogP contribution in [0.1, 0.15) is 16.7 Å². The summed E-state index contributed by atoms with van der Waals surface area (Å²) in [5, 5.41) is 0.482. The summed E-state index contributed by atoms with van der Waals surface area (Å²) in [6.07, 6.45) is 3.13. The summed E-state index contributed by atoms with van der Waals surface area (Å²) >= 11 is 6.13. The maximum Gasteiger partial charge on any atom is 0.132 e. The van der Waals surface area contributed by atoms with Crippen LogP contribution in [0, 0.1) is 11.6 Å². The Kier molecular flexibility index (Phi) is 3.58. The lowest BCUT2D eigenvalue weighted by atomic mass is 9.95. The van der Waals surface area contributed by atoms with Crippen LogP contribution in [0.2, 0.25) is 5.02 Å². The first-order valence-corrected chi connectivity index (χ1v) is 7.60. The monoisotopic (exact) mass is 341 g/mol. The molecule has 0 radical (unpaired) electrons. The molecule has 0 saturated heterocycles. The quantitative estimate of drug-likeness (QED) is 0.657. The molecule has 0 spiro atoms. The zero-order valence-electron chi connectivity index (χ0n) is 12.3. The fraction of sp³-hybridized carbons (Fsp3) is 0.0556. The van der Waals surface area contributed by atoms with Crippen LogP contribution in [0.15, 0.2) is 53.9 Å². The molecule has 118 valence electrons. The topological polar surface area (TPSA) is 38.1 Å². The predicted molar refractivity (Wildman–Crippen MR) is 88.2 cm³/mol. The molecule has 3 nitrogen and oxygen atoms in total. The van der Waals surface area contributed by atoms with Gasteiger partial charge in [-0.25, -0.2) is 18.7 Å². The summed E-state index contributed by atoms with van der Waals surface area (Å²) in [5.41, 5.74) is 3.35.